The summed E-state index contributed by atoms with van der Waals surface area (Å²) in [6.45, 7) is 1.35. The van der Waals surface area contributed by atoms with E-state index in [9.17, 15) is 13.2 Å². The molecule has 2 aromatic carbocycles. The fraction of sp³-hybridized carbons (Fsp3) is 0.273. The van der Waals surface area contributed by atoms with Gasteiger partial charge in [-0.2, -0.15) is 9.67 Å². The highest BCUT2D eigenvalue weighted by Crippen LogP contribution is 2.26. The van der Waals surface area contributed by atoms with Crippen LogP contribution in [-0.2, 0) is 15.9 Å². The minimum atomic E-state index is -4.76. The van der Waals surface area contributed by atoms with Gasteiger partial charge in [-0.25, -0.2) is 0 Å². The Morgan fingerprint density at radius 3 is 2.41 bits per heavy atom. The van der Waals surface area contributed by atoms with Gasteiger partial charge < -0.3 is 19.5 Å². The first kappa shape index (κ1) is 21.7. The van der Waals surface area contributed by atoms with E-state index >= 15 is 0 Å². The number of benzene rings is 2. The minimum Gasteiger partial charge on any atom is -0.406 e. The van der Waals surface area contributed by atoms with E-state index in [0.29, 0.717) is 43.6 Å². The Hall–Kier alpha value is -3.55. The van der Waals surface area contributed by atoms with Gasteiger partial charge in [0, 0.05) is 12.0 Å². The van der Waals surface area contributed by atoms with E-state index in [1.165, 1.54) is 28.9 Å². The zero-order valence-corrected chi connectivity index (χ0v) is 16.8. The summed E-state index contributed by atoms with van der Waals surface area (Å²) in [5.74, 6) is 3.08. The third-order valence-corrected chi connectivity index (χ3v) is 4.56. The van der Waals surface area contributed by atoms with E-state index in [1.54, 1.807) is 0 Å². The Labute approximate surface area is 182 Å². The average molecular weight is 444 g/mol. The first-order valence-corrected chi connectivity index (χ1v) is 9.74. The second kappa shape index (κ2) is 9.30. The predicted molar refractivity (Wildman–Crippen MR) is 110 cm³/mol. The van der Waals surface area contributed by atoms with Crippen molar-refractivity contribution in [1.29, 1.82) is 0 Å². The SMILES string of the molecule is C#CCc1ccc(-c2nc(NCC3OCCO3)n(-c3ccc(OC(F)(F)F)cc3)n2)cc1. The third-order valence-electron chi connectivity index (χ3n) is 4.56. The average Bonchev–Trinajstić information content (AvgIpc) is 3.42. The van der Waals surface area contributed by atoms with Crippen LogP contribution in [0.4, 0.5) is 19.1 Å². The maximum absolute atomic E-state index is 12.5. The molecule has 0 unspecified atom stereocenters. The third kappa shape index (κ3) is 5.38. The summed E-state index contributed by atoms with van der Waals surface area (Å²) in [5, 5.41) is 7.66. The Balaban J connectivity index is 1.62. The molecule has 0 spiro atoms. The van der Waals surface area contributed by atoms with Crippen LogP contribution in [0.3, 0.4) is 0 Å². The molecule has 2 heterocycles. The number of ether oxygens (including phenoxy) is 3. The van der Waals surface area contributed by atoms with Crippen molar-refractivity contribution in [3.05, 3.63) is 54.1 Å². The molecule has 0 radical (unpaired) electrons. The number of nitrogens with zero attached hydrogens (tertiary/aromatic N) is 3. The number of nitrogens with one attached hydrogen (secondary N) is 1. The molecule has 1 aromatic heterocycles. The van der Waals surface area contributed by atoms with Gasteiger partial charge in [-0.3, -0.25) is 0 Å². The lowest BCUT2D eigenvalue weighted by Gasteiger charge is -2.12. The standard InChI is InChI=1S/C22H19F3N4O3/c1-2-3-15-4-6-16(7-5-15)20-27-21(26-14-19-30-12-13-31-19)29(28-20)17-8-10-18(11-9-17)32-22(23,24)25/h1,4-11,19H,3,12-14H2,(H,26,27,28). The number of aromatic nitrogens is 3. The predicted octanol–water partition coefficient (Wildman–Crippen LogP) is 3.79. The lowest BCUT2D eigenvalue weighted by atomic mass is 10.1. The molecule has 0 bridgehead atoms. The van der Waals surface area contributed by atoms with E-state index in [1.807, 2.05) is 24.3 Å². The van der Waals surface area contributed by atoms with Crippen molar-refractivity contribution >= 4 is 5.95 Å². The summed E-state index contributed by atoms with van der Waals surface area (Å²) in [4.78, 5) is 4.55. The molecule has 0 aliphatic carbocycles. The van der Waals surface area contributed by atoms with Crippen LogP contribution >= 0.6 is 0 Å². The summed E-state index contributed by atoms with van der Waals surface area (Å²) >= 11 is 0. The van der Waals surface area contributed by atoms with Crippen LogP contribution in [0.25, 0.3) is 17.1 Å². The molecule has 10 heteroatoms. The maximum atomic E-state index is 12.5. The van der Waals surface area contributed by atoms with Crippen LogP contribution in [0.2, 0.25) is 0 Å². The van der Waals surface area contributed by atoms with E-state index in [2.05, 4.69) is 26.1 Å². The van der Waals surface area contributed by atoms with Crippen LogP contribution in [0.15, 0.2) is 48.5 Å². The molecule has 1 fully saturated rings. The van der Waals surface area contributed by atoms with Crippen molar-refractivity contribution in [2.24, 2.45) is 0 Å². The van der Waals surface area contributed by atoms with Crippen molar-refractivity contribution in [3.8, 4) is 35.2 Å². The Morgan fingerprint density at radius 1 is 1.09 bits per heavy atom. The van der Waals surface area contributed by atoms with E-state index in [-0.39, 0.29) is 5.75 Å². The van der Waals surface area contributed by atoms with E-state index in [4.69, 9.17) is 15.9 Å². The number of halogens is 3. The highest BCUT2D eigenvalue weighted by atomic mass is 19.4. The molecule has 0 saturated carbocycles. The normalized spacial score (nSPS) is 14.3. The fourth-order valence-corrected chi connectivity index (χ4v) is 3.11. The molecular formula is C22H19F3N4O3. The van der Waals surface area contributed by atoms with Gasteiger partial charge in [0.15, 0.2) is 12.1 Å². The van der Waals surface area contributed by atoms with E-state index < -0.39 is 12.7 Å². The van der Waals surface area contributed by atoms with Crippen LogP contribution in [0.5, 0.6) is 5.75 Å². The first-order valence-electron chi connectivity index (χ1n) is 9.74. The monoisotopic (exact) mass is 444 g/mol. The van der Waals surface area contributed by atoms with Gasteiger partial charge in [-0.15, -0.1) is 30.6 Å². The lowest BCUT2D eigenvalue weighted by Crippen LogP contribution is -2.22. The van der Waals surface area contributed by atoms with Gasteiger partial charge in [0.1, 0.15) is 5.75 Å². The van der Waals surface area contributed by atoms with Crippen molar-refractivity contribution < 1.29 is 27.4 Å². The smallest absolute Gasteiger partial charge is 0.406 e. The summed E-state index contributed by atoms with van der Waals surface area (Å²) in [7, 11) is 0. The second-order valence-electron chi connectivity index (χ2n) is 6.84. The highest BCUT2D eigenvalue weighted by molar-refractivity contribution is 5.58. The second-order valence-corrected chi connectivity index (χ2v) is 6.84. The first-order chi connectivity index (χ1) is 15.4. The van der Waals surface area contributed by atoms with Gasteiger partial charge >= 0.3 is 6.36 Å². The van der Waals surface area contributed by atoms with Crippen molar-refractivity contribution in [1.82, 2.24) is 14.8 Å². The fourth-order valence-electron chi connectivity index (χ4n) is 3.11. The molecule has 1 saturated heterocycles. The minimum absolute atomic E-state index is 0.326. The summed E-state index contributed by atoms with van der Waals surface area (Å²) in [6.07, 6.45) is 0.681. The van der Waals surface area contributed by atoms with Crippen LogP contribution in [-0.4, -0.2) is 47.2 Å². The maximum Gasteiger partial charge on any atom is 0.573 e. The quantitative estimate of drug-likeness (QED) is 0.559. The Bertz CT molecular complexity index is 1080. The zero-order chi connectivity index (χ0) is 22.6. The number of rotatable bonds is 7. The van der Waals surface area contributed by atoms with Crippen molar-refractivity contribution in [2.75, 3.05) is 25.1 Å². The lowest BCUT2D eigenvalue weighted by molar-refractivity contribution is -0.274. The van der Waals surface area contributed by atoms with Gasteiger partial charge in [0.05, 0.1) is 25.4 Å². The van der Waals surface area contributed by atoms with Crippen LogP contribution in [0.1, 0.15) is 5.56 Å². The van der Waals surface area contributed by atoms with Gasteiger partial charge in [-0.05, 0) is 29.8 Å². The molecule has 1 N–H and O–H groups in total. The molecule has 3 aromatic rings. The molecule has 32 heavy (non-hydrogen) atoms. The Kier molecular flexibility index (Phi) is 6.30. The Morgan fingerprint density at radius 2 is 1.78 bits per heavy atom. The number of terminal acetylenes is 1. The van der Waals surface area contributed by atoms with E-state index in [0.717, 1.165) is 11.1 Å². The van der Waals surface area contributed by atoms with Gasteiger partial charge in [0.2, 0.25) is 5.95 Å². The van der Waals surface area contributed by atoms with Crippen LogP contribution < -0.4 is 10.1 Å². The molecular weight excluding hydrogens is 425 g/mol. The van der Waals surface area contributed by atoms with Crippen LogP contribution in [0, 0.1) is 12.3 Å². The molecule has 1 aliphatic rings. The molecule has 166 valence electrons. The number of anilines is 1. The summed E-state index contributed by atoms with van der Waals surface area (Å²) in [5.41, 5.74) is 2.25. The number of alkyl halides is 3. The largest absolute Gasteiger partial charge is 0.573 e. The molecule has 0 amide bonds. The number of hydrogen-bond acceptors (Lipinski definition) is 6. The van der Waals surface area contributed by atoms with Crippen molar-refractivity contribution in [3.63, 3.8) is 0 Å². The zero-order valence-electron chi connectivity index (χ0n) is 16.8. The molecule has 1 aliphatic heterocycles. The highest BCUT2D eigenvalue weighted by Gasteiger charge is 2.31. The number of hydrogen-bond donors (Lipinski definition) is 1. The van der Waals surface area contributed by atoms with Gasteiger partial charge in [0.25, 0.3) is 0 Å². The van der Waals surface area contributed by atoms with Gasteiger partial charge in [-0.1, -0.05) is 24.3 Å². The van der Waals surface area contributed by atoms with Crippen molar-refractivity contribution in [2.45, 2.75) is 19.1 Å². The summed E-state index contributed by atoms with van der Waals surface area (Å²) < 4.78 is 53.6. The molecule has 7 nitrogen and oxygen atoms in total. The molecule has 0 atom stereocenters. The summed E-state index contributed by atoms with van der Waals surface area (Å²) in [6, 6.07) is 12.9. The topological polar surface area (TPSA) is 70.4 Å². The molecule has 4 rings (SSSR count).